The first-order valence-electron chi connectivity index (χ1n) is 6.52. The zero-order valence-corrected chi connectivity index (χ0v) is 11.7. The number of piperazine rings is 1. The molecule has 1 N–H and O–H groups in total. The Morgan fingerprint density at radius 1 is 1.47 bits per heavy atom. The molecule has 2 aliphatic rings. The molecular formula is C12H17N5OS. The fourth-order valence-electron chi connectivity index (χ4n) is 2.52. The molecule has 0 radical (unpaired) electrons. The van der Waals surface area contributed by atoms with E-state index in [1.807, 2.05) is 4.90 Å². The Hall–Kier alpha value is -1.50. The number of aromatic nitrogens is 2. The third-order valence-corrected chi connectivity index (χ3v) is 4.23. The molecule has 0 spiro atoms. The number of fused-ring (bicyclic) bond motifs is 1. The van der Waals surface area contributed by atoms with Crippen molar-refractivity contribution in [2.75, 3.05) is 36.8 Å². The summed E-state index contributed by atoms with van der Waals surface area (Å²) in [7, 11) is 0. The summed E-state index contributed by atoms with van der Waals surface area (Å²) in [5.41, 5.74) is 0. The van der Waals surface area contributed by atoms with Crippen molar-refractivity contribution in [3.8, 4) is 0 Å². The molecule has 7 heteroatoms. The smallest absolute Gasteiger partial charge is 0.317 e. The molecule has 1 aromatic heterocycles. The van der Waals surface area contributed by atoms with Crippen molar-refractivity contribution in [1.82, 2.24) is 20.2 Å². The number of urea groups is 1. The van der Waals surface area contributed by atoms with Crippen LogP contribution in [0.4, 0.5) is 10.6 Å². The van der Waals surface area contributed by atoms with E-state index in [1.54, 1.807) is 24.2 Å². The van der Waals surface area contributed by atoms with Crippen LogP contribution >= 0.6 is 11.8 Å². The predicted octanol–water partition coefficient (Wildman–Crippen LogP) is 0.802. The molecule has 1 atom stereocenters. The average Bonchev–Trinajstić information content (AvgIpc) is 2.81. The van der Waals surface area contributed by atoms with Crippen LogP contribution in [0.5, 0.6) is 0 Å². The first-order chi connectivity index (χ1) is 9.28. The van der Waals surface area contributed by atoms with E-state index in [-0.39, 0.29) is 12.1 Å². The quantitative estimate of drug-likeness (QED) is 0.829. The number of anilines is 1. The van der Waals surface area contributed by atoms with Gasteiger partial charge in [-0.3, -0.25) is 4.98 Å². The molecule has 0 saturated carbocycles. The van der Waals surface area contributed by atoms with Crippen molar-refractivity contribution in [3.63, 3.8) is 0 Å². The predicted molar refractivity (Wildman–Crippen MR) is 74.5 cm³/mol. The van der Waals surface area contributed by atoms with Gasteiger partial charge in [-0.1, -0.05) is 6.92 Å². The molecule has 19 heavy (non-hydrogen) atoms. The summed E-state index contributed by atoms with van der Waals surface area (Å²) in [6.07, 6.45) is 3.61. The maximum absolute atomic E-state index is 11.6. The van der Waals surface area contributed by atoms with Gasteiger partial charge in [0, 0.05) is 26.2 Å². The Morgan fingerprint density at radius 2 is 2.37 bits per heavy atom. The van der Waals surface area contributed by atoms with Gasteiger partial charge in [0.2, 0.25) is 0 Å². The molecule has 1 aromatic rings. The molecule has 102 valence electrons. The lowest BCUT2D eigenvalue weighted by molar-refractivity contribution is 0.197. The highest BCUT2D eigenvalue weighted by atomic mass is 32.2. The molecule has 0 bridgehead atoms. The van der Waals surface area contributed by atoms with Gasteiger partial charge in [-0.15, -0.1) is 11.8 Å². The Bertz CT molecular complexity index is 483. The first-order valence-corrected chi connectivity index (χ1v) is 7.50. The normalized spacial score (nSPS) is 22.4. The lowest BCUT2D eigenvalue weighted by Crippen LogP contribution is -2.52. The summed E-state index contributed by atoms with van der Waals surface area (Å²) in [5.74, 6) is 1.91. The summed E-state index contributed by atoms with van der Waals surface area (Å²) < 4.78 is 0. The number of hydrogen-bond acceptors (Lipinski definition) is 5. The van der Waals surface area contributed by atoms with E-state index in [0.29, 0.717) is 0 Å². The number of nitrogens with zero attached hydrogens (tertiary/aromatic N) is 4. The zero-order chi connectivity index (χ0) is 13.2. The minimum atomic E-state index is 0.0611. The van der Waals surface area contributed by atoms with Gasteiger partial charge in [0.15, 0.2) is 0 Å². The van der Waals surface area contributed by atoms with Crippen LogP contribution in [0.15, 0.2) is 17.4 Å². The van der Waals surface area contributed by atoms with E-state index < -0.39 is 0 Å². The van der Waals surface area contributed by atoms with Gasteiger partial charge in [-0.05, 0) is 5.75 Å². The standard InChI is InChI=1S/C12H17N5OS/c1-2-19-11-7-13-6-10(15-11)16-3-4-17-9(8-16)5-14-12(17)18/h6-7,9H,2-5,8H2,1H3,(H,14,18)/t9-/m1/s1. The molecule has 2 aliphatic heterocycles. The fraction of sp³-hybridized carbons (Fsp3) is 0.583. The van der Waals surface area contributed by atoms with Gasteiger partial charge in [-0.2, -0.15) is 0 Å². The molecule has 3 rings (SSSR count). The van der Waals surface area contributed by atoms with E-state index >= 15 is 0 Å². The van der Waals surface area contributed by atoms with E-state index in [0.717, 1.165) is 42.8 Å². The Labute approximate surface area is 116 Å². The maximum atomic E-state index is 11.6. The summed E-state index contributed by atoms with van der Waals surface area (Å²) in [4.78, 5) is 24.6. The van der Waals surface area contributed by atoms with Crippen molar-refractivity contribution in [2.24, 2.45) is 0 Å². The molecule has 2 fully saturated rings. The van der Waals surface area contributed by atoms with Crippen molar-refractivity contribution >= 4 is 23.6 Å². The highest BCUT2D eigenvalue weighted by Crippen LogP contribution is 2.21. The molecule has 6 nitrogen and oxygen atoms in total. The van der Waals surface area contributed by atoms with Crippen molar-refractivity contribution < 1.29 is 4.79 Å². The number of hydrogen-bond donors (Lipinski definition) is 1. The molecule has 2 saturated heterocycles. The van der Waals surface area contributed by atoms with Crippen LogP contribution in [0.3, 0.4) is 0 Å². The lowest BCUT2D eigenvalue weighted by Gasteiger charge is -2.36. The topological polar surface area (TPSA) is 61.4 Å². The molecule has 0 aliphatic carbocycles. The van der Waals surface area contributed by atoms with Crippen LogP contribution in [-0.2, 0) is 0 Å². The van der Waals surface area contributed by atoms with Crippen LogP contribution < -0.4 is 10.2 Å². The molecular weight excluding hydrogens is 262 g/mol. The van der Waals surface area contributed by atoms with Crippen LogP contribution in [0, 0.1) is 0 Å². The Morgan fingerprint density at radius 3 is 3.21 bits per heavy atom. The average molecular weight is 279 g/mol. The molecule has 0 aromatic carbocycles. The monoisotopic (exact) mass is 279 g/mol. The van der Waals surface area contributed by atoms with Gasteiger partial charge in [0.05, 0.1) is 18.4 Å². The van der Waals surface area contributed by atoms with Crippen LogP contribution in [-0.4, -0.2) is 58.9 Å². The third kappa shape index (κ3) is 2.47. The Balaban J connectivity index is 1.73. The minimum absolute atomic E-state index is 0.0611. The van der Waals surface area contributed by atoms with Gasteiger partial charge < -0.3 is 15.1 Å². The van der Waals surface area contributed by atoms with Crippen LogP contribution in [0.2, 0.25) is 0 Å². The summed E-state index contributed by atoms with van der Waals surface area (Å²) in [5, 5.41) is 3.85. The lowest BCUT2D eigenvalue weighted by atomic mass is 10.2. The second-order valence-electron chi connectivity index (χ2n) is 4.63. The fourth-order valence-corrected chi connectivity index (χ4v) is 3.11. The second kappa shape index (κ2) is 5.24. The van der Waals surface area contributed by atoms with Crippen LogP contribution in [0.1, 0.15) is 6.92 Å². The first kappa shape index (κ1) is 12.5. The zero-order valence-electron chi connectivity index (χ0n) is 10.9. The minimum Gasteiger partial charge on any atom is -0.351 e. The number of amides is 2. The third-order valence-electron chi connectivity index (χ3n) is 3.45. The van der Waals surface area contributed by atoms with E-state index in [2.05, 4.69) is 27.1 Å². The largest absolute Gasteiger partial charge is 0.351 e. The SMILES string of the molecule is CCSc1cncc(N2CCN3C(=O)NC[C@@H]3C2)n1. The summed E-state index contributed by atoms with van der Waals surface area (Å²) in [6, 6.07) is 0.316. The maximum Gasteiger partial charge on any atom is 0.317 e. The molecule has 0 unspecified atom stereocenters. The van der Waals surface area contributed by atoms with Gasteiger partial charge >= 0.3 is 6.03 Å². The number of carbonyl (C=O) groups is 1. The highest BCUT2D eigenvalue weighted by molar-refractivity contribution is 7.99. The van der Waals surface area contributed by atoms with Crippen LogP contribution in [0.25, 0.3) is 0 Å². The highest BCUT2D eigenvalue weighted by Gasteiger charge is 2.35. The molecule has 3 heterocycles. The molecule has 2 amide bonds. The number of rotatable bonds is 3. The number of carbonyl (C=O) groups excluding carboxylic acids is 1. The van der Waals surface area contributed by atoms with Gasteiger partial charge in [0.1, 0.15) is 10.8 Å². The van der Waals surface area contributed by atoms with E-state index in [9.17, 15) is 4.79 Å². The van der Waals surface area contributed by atoms with E-state index in [1.165, 1.54) is 0 Å². The number of nitrogens with one attached hydrogen (secondary N) is 1. The van der Waals surface area contributed by atoms with Gasteiger partial charge in [-0.25, -0.2) is 9.78 Å². The summed E-state index contributed by atoms with van der Waals surface area (Å²) >= 11 is 1.70. The summed E-state index contributed by atoms with van der Waals surface area (Å²) in [6.45, 7) is 5.23. The van der Waals surface area contributed by atoms with Crippen molar-refractivity contribution in [1.29, 1.82) is 0 Å². The van der Waals surface area contributed by atoms with E-state index in [4.69, 9.17) is 0 Å². The van der Waals surface area contributed by atoms with Crippen molar-refractivity contribution in [3.05, 3.63) is 12.4 Å². The van der Waals surface area contributed by atoms with Gasteiger partial charge in [0.25, 0.3) is 0 Å². The second-order valence-corrected chi connectivity index (χ2v) is 5.91. The Kier molecular flexibility index (Phi) is 3.46. The number of thioether (sulfide) groups is 1. The van der Waals surface area contributed by atoms with Crippen molar-refractivity contribution in [2.45, 2.75) is 18.0 Å².